The highest BCUT2D eigenvalue weighted by Crippen LogP contribution is 2.22. The van der Waals surface area contributed by atoms with Gasteiger partial charge in [-0.25, -0.2) is 4.68 Å². The highest BCUT2D eigenvalue weighted by molar-refractivity contribution is 6.42. The van der Waals surface area contributed by atoms with Gasteiger partial charge in [-0.1, -0.05) is 34.5 Å². The zero-order chi connectivity index (χ0) is 13.8. The van der Waals surface area contributed by atoms with E-state index in [4.69, 9.17) is 28.9 Å². The summed E-state index contributed by atoms with van der Waals surface area (Å²) in [6.45, 7) is 0.466. The molecule has 0 aliphatic carbocycles. The van der Waals surface area contributed by atoms with Gasteiger partial charge in [-0.15, -0.1) is 5.10 Å². The number of carbonyl (C=O) groups excluding carboxylic acids is 1. The average molecular weight is 299 g/mol. The monoisotopic (exact) mass is 298 g/mol. The molecular weight excluding hydrogens is 287 g/mol. The van der Waals surface area contributed by atoms with Gasteiger partial charge in [0.05, 0.1) is 21.9 Å². The van der Waals surface area contributed by atoms with Crippen LogP contribution in [0.15, 0.2) is 24.4 Å². The maximum absolute atomic E-state index is 11.9. The van der Waals surface area contributed by atoms with Crippen LogP contribution in [0.4, 0.5) is 0 Å². The Morgan fingerprint density at radius 3 is 2.74 bits per heavy atom. The van der Waals surface area contributed by atoms with Crippen LogP contribution in [0.3, 0.4) is 0 Å². The Hall–Kier alpha value is -1.43. The minimum absolute atomic E-state index is 0.00635. The predicted molar refractivity (Wildman–Crippen MR) is 73.1 cm³/mol. The number of Topliss-reactive ketones (excluding diaryl/α,β-unsaturated/α-hetero) is 1. The van der Waals surface area contributed by atoms with Crippen LogP contribution in [0, 0.1) is 0 Å². The van der Waals surface area contributed by atoms with Crippen molar-refractivity contribution in [3.8, 4) is 0 Å². The van der Waals surface area contributed by atoms with Crippen LogP contribution in [0.5, 0.6) is 0 Å². The van der Waals surface area contributed by atoms with E-state index >= 15 is 0 Å². The molecule has 0 unspecified atom stereocenters. The molecule has 0 bridgehead atoms. The normalized spacial score (nSPS) is 10.7. The van der Waals surface area contributed by atoms with Gasteiger partial charge in [0.1, 0.15) is 6.54 Å². The van der Waals surface area contributed by atoms with Crippen molar-refractivity contribution < 1.29 is 4.79 Å². The third-order valence-corrected chi connectivity index (χ3v) is 3.26. The second-order valence-electron chi connectivity index (χ2n) is 4.08. The number of hydrogen-bond acceptors (Lipinski definition) is 4. The van der Waals surface area contributed by atoms with Gasteiger partial charge in [-0.05, 0) is 17.7 Å². The molecule has 5 nitrogen and oxygen atoms in total. The van der Waals surface area contributed by atoms with Crippen molar-refractivity contribution >= 4 is 29.0 Å². The van der Waals surface area contributed by atoms with Crippen LogP contribution < -0.4 is 5.73 Å². The molecule has 0 aliphatic heterocycles. The van der Waals surface area contributed by atoms with E-state index in [0.29, 0.717) is 22.3 Å². The Morgan fingerprint density at radius 2 is 2.11 bits per heavy atom. The number of benzene rings is 1. The van der Waals surface area contributed by atoms with Crippen LogP contribution in [-0.2, 0) is 24.3 Å². The van der Waals surface area contributed by atoms with Gasteiger partial charge < -0.3 is 5.73 Å². The number of nitrogens with zero attached hydrogens (tertiary/aromatic N) is 3. The lowest BCUT2D eigenvalue weighted by Gasteiger charge is -2.03. The number of hydrogen-bond donors (Lipinski definition) is 1. The molecule has 0 aliphatic rings. The van der Waals surface area contributed by atoms with Crippen molar-refractivity contribution in [2.75, 3.05) is 0 Å². The van der Waals surface area contributed by atoms with Gasteiger partial charge in [0.15, 0.2) is 5.78 Å². The Kier molecular flexibility index (Phi) is 4.52. The molecule has 1 aromatic carbocycles. The molecule has 7 heteroatoms. The van der Waals surface area contributed by atoms with Crippen LogP contribution in [0.25, 0.3) is 0 Å². The Labute approximate surface area is 120 Å². The SMILES string of the molecule is NCc1cn(CC(=O)Cc2ccc(Cl)c(Cl)c2)nn1. The Bertz CT molecular complexity index is 597. The van der Waals surface area contributed by atoms with E-state index < -0.39 is 0 Å². The summed E-state index contributed by atoms with van der Waals surface area (Å²) in [6.07, 6.45) is 1.93. The van der Waals surface area contributed by atoms with Gasteiger partial charge in [0, 0.05) is 13.0 Å². The maximum atomic E-state index is 11.9. The standard InChI is InChI=1S/C12H12Cl2N4O/c13-11-2-1-8(4-12(11)14)3-10(19)7-18-6-9(5-15)16-17-18/h1-2,4,6H,3,5,7,15H2. The van der Waals surface area contributed by atoms with E-state index in [0.717, 1.165) is 5.56 Å². The highest BCUT2D eigenvalue weighted by Gasteiger charge is 2.08. The van der Waals surface area contributed by atoms with Gasteiger partial charge in [-0.3, -0.25) is 4.79 Å². The van der Waals surface area contributed by atoms with Gasteiger partial charge in [0.25, 0.3) is 0 Å². The minimum atomic E-state index is 0.00635. The molecule has 1 heterocycles. The molecule has 0 radical (unpaired) electrons. The van der Waals surface area contributed by atoms with Crippen molar-refractivity contribution in [3.05, 3.63) is 45.7 Å². The summed E-state index contributed by atoms with van der Waals surface area (Å²) < 4.78 is 1.47. The largest absolute Gasteiger partial charge is 0.325 e. The molecular formula is C12H12Cl2N4O. The zero-order valence-electron chi connectivity index (χ0n) is 10.0. The average Bonchev–Trinajstić information content (AvgIpc) is 2.81. The smallest absolute Gasteiger partial charge is 0.158 e. The summed E-state index contributed by atoms with van der Waals surface area (Å²) in [5.74, 6) is 0.00635. The lowest BCUT2D eigenvalue weighted by molar-refractivity contribution is -0.119. The fourth-order valence-corrected chi connectivity index (χ4v) is 1.94. The first kappa shape index (κ1) is 14.0. The topological polar surface area (TPSA) is 73.8 Å². The summed E-state index contributed by atoms with van der Waals surface area (Å²) in [5.41, 5.74) is 6.89. The second kappa shape index (κ2) is 6.14. The molecule has 0 amide bonds. The molecule has 0 spiro atoms. The van der Waals surface area contributed by atoms with E-state index in [1.807, 2.05) is 0 Å². The summed E-state index contributed by atoms with van der Waals surface area (Å²) in [7, 11) is 0. The lowest BCUT2D eigenvalue weighted by Crippen LogP contribution is -2.13. The third kappa shape index (κ3) is 3.76. The highest BCUT2D eigenvalue weighted by atomic mass is 35.5. The van der Waals surface area contributed by atoms with E-state index in [9.17, 15) is 4.79 Å². The molecule has 0 atom stereocenters. The summed E-state index contributed by atoms with van der Waals surface area (Å²) in [4.78, 5) is 11.9. The first-order valence-corrected chi connectivity index (χ1v) is 6.39. The molecule has 2 aromatic rings. The fraction of sp³-hybridized carbons (Fsp3) is 0.250. The number of halogens is 2. The number of aromatic nitrogens is 3. The second-order valence-corrected chi connectivity index (χ2v) is 4.89. The van der Waals surface area contributed by atoms with Crippen molar-refractivity contribution in [3.63, 3.8) is 0 Å². The van der Waals surface area contributed by atoms with Crippen molar-refractivity contribution in [2.45, 2.75) is 19.5 Å². The van der Waals surface area contributed by atoms with Crippen LogP contribution >= 0.6 is 23.2 Å². The lowest BCUT2D eigenvalue weighted by atomic mass is 10.1. The Morgan fingerprint density at radius 1 is 1.32 bits per heavy atom. The fourth-order valence-electron chi connectivity index (χ4n) is 1.62. The summed E-state index contributed by atoms with van der Waals surface area (Å²) >= 11 is 11.7. The maximum Gasteiger partial charge on any atom is 0.158 e. The number of rotatable bonds is 5. The van der Waals surface area contributed by atoms with Crippen LogP contribution in [0.2, 0.25) is 10.0 Å². The number of nitrogens with two attached hydrogens (primary N) is 1. The molecule has 2 rings (SSSR count). The van der Waals surface area contributed by atoms with Gasteiger partial charge in [0.2, 0.25) is 0 Å². The third-order valence-electron chi connectivity index (χ3n) is 2.52. The van der Waals surface area contributed by atoms with Gasteiger partial charge in [-0.2, -0.15) is 0 Å². The Balaban J connectivity index is 1.98. The first-order valence-electron chi connectivity index (χ1n) is 5.63. The van der Waals surface area contributed by atoms with E-state index in [2.05, 4.69) is 10.3 Å². The molecule has 0 saturated heterocycles. The summed E-state index contributed by atoms with van der Waals surface area (Å²) in [5, 5.41) is 8.55. The molecule has 19 heavy (non-hydrogen) atoms. The molecule has 0 saturated carbocycles. The molecule has 1 aromatic heterocycles. The van der Waals surface area contributed by atoms with E-state index in [-0.39, 0.29) is 18.7 Å². The van der Waals surface area contributed by atoms with Crippen molar-refractivity contribution in [1.29, 1.82) is 0 Å². The molecule has 2 N–H and O–H groups in total. The van der Waals surface area contributed by atoms with Crippen molar-refractivity contribution in [1.82, 2.24) is 15.0 Å². The quantitative estimate of drug-likeness (QED) is 0.914. The van der Waals surface area contributed by atoms with E-state index in [1.165, 1.54) is 4.68 Å². The van der Waals surface area contributed by atoms with Crippen LogP contribution in [0.1, 0.15) is 11.3 Å². The molecule has 100 valence electrons. The van der Waals surface area contributed by atoms with Crippen molar-refractivity contribution in [2.24, 2.45) is 5.73 Å². The minimum Gasteiger partial charge on any atom is -0.325 e. The van der Waals surface area contributed by atoms with E-state index in [1.54, 1.807) is 24.4 Å². The molecule has 0 fully saturated rings. The number of ketones is 1. The zero-order valence-corrected chi connectivity index (χ0v) is 11.5. The van der Waals surface area contributed by atoms with Gasteiger partial charge >= 0.3 is 0 Å². The predicted octanol–water partition coefficient (Wildman–Crippen LogP) is 1.86. The summed E-state index contributed by atoms with van der Waals surface area (Å²) in [6, 6.07) is 5.14. The van der Waals surface area contributed by atoms with Crippen LogP contribution in [-0.4, -0.2) is 20.8 Å². The number of carbonyl (C=O) groups is 1. The first-order chi connectivity index (χ1) is 9.08.